The number of hydrogen-bond acceptors (Lipinski definition) is 4. The first-order valence-electron chi connectivity index (χ1n) is 9.64. The van der Waals surface area contributed by atoms with Crippen molar-refractivity contribution in [1.82, 2.24) is 25.0 Å². The van der Waals surface area contributed by atoms with E-state index in [-0.39, 0.29) is 11.9 Å². The van der Waals surface area contributed by atoms with Crippen molar-refractivity contribution in [3.8, 4) is 0 Å². The van der Waals surface area contributed by atoms with E-state index in [2.05, 4.69) is 15.2 Å². The molecular formula is C19H29N5O2. The lowest BCUT2D eigenvalue weighted by Gasteiger charge is -2.35. The molecule has 2 fully saturated rings. The Morgan fingerprint density at radius 1 is 0.885 bits per heavy atom. The van der Waals surface area contributed by atoms with Gasteiger partial charge >= 0.3 is 6.03 Å². The van der Waals surface area contributed by atoms with Crippen LogP contribution in [0.2, 0.25) is 0 Å². The van der Waals surface area contributed by atoms with Crippen LogP contribution in [0, 0.1) is 0 Å². The van der Waals surface area contributed by atoms with E-state index < -0.39 is 0 Å². The Balaban J connectivity index is 1.38. The SMILES string of the molecule is O=C(CN1CCN(C(=O)NCc2ccncc2)CC1)N1CCCCCC1. The molecule has 1 aromatic heterocycles. The number of amides is 3. The molecule has 0 aromatic carbocycles. The molecule has 0 bridgehead atoms. The fourth-order valence-corrected chi connectivity index (χ4v) is 3.51. The van der Waals surface area contributed by atoms with Crippen LogP contribution in [0.15, 0.2) is 24.5 Å². The van der Waals surface area contributed by atoms with Gasteiger partial charge < -0.3 is 15.1 Å². The van der Waals surface area contributed by atoms with E-state index in [1.165, 1.54) is 12.8 Å². The highest BCUT2D eigenvalue weighted by Gasteiger charge is 2.24. The van der Waals surface area contributed by atoms with Crippen LogP contribution in [0.3, 0.4) is 0 Å². The number of hydrogen-bond donors (Lipinski definition) is 1. The molecule has 3 rings (SSSR count). The summed E-state index contributed by atoms with van der Waals surface area (Å²) in [6, 6.07) is 3.75. The first-order valence-corrected chi connectivity index (χ1v) is 9.64. The number of pyridine rings is 1. The predicted molar refractivity (Wildman–Crippen MR) is 99.5 cm³/mol. The monoisotopic (exact) mass is 359 g/mol. The first-order chi connectivity index (χ1) is 12.7. The van der Waals surface area contributed by atoms with Crippen LogP contribution in [0.5, 0.6) is 0 Å². The van der Waals surface area contributed by atoms with Crippen molar-refractivity contribution in [1.29, 1.82) is 0 Å². The highest BCUT2D eigenvalue weighted by molar-refractivity contribution is 5.78. The van der Waals surface area contributed by atoms with Gasteiger partial charge in [0.2, 0.25) is 5.91 Å². The first kappa shape index (κ1) is 18.6. The molecule has 1 aromatic rings. The standard InChI is InChI=1S/C19H29N5O2/c25-18(23-9-3-1-2-4-10-23)16-22-11-13-24(14-12-22)19(26)21-15-17-5-7-20-8-6-17/h5-8H,1-4,9-16H2,(H,21,26). The largest absolute Gasteiger partial charge is 0.342 e. The molecule has 0 aliphatic carbocycles. The zero-order valence-electron chi connectivity index (χ0n) is 15.4. The average molecular weight is 359 g/mol. The van der Waals surface area contributed by atoms with Crippen molar-refractivity contribution >= 4 is 11.9 Å². The quantitative estimate of drug-likeness (QED) is 0.880. The molecule has 7 heteroatoms. The minimum atomic E-state index is -0.0414. The lowest BCUT2D eigenvalue weighted by Crippen LogP contribution is -2.53. The zero-order chi connectivity index (χ0) is 18.2. The molecule has 7 nitrogen and oxygen atoms in total. The lowest BCUT2D eigenvalue weighted by atomic mass is 10.2. The van der Waals surface area contributed by atoms with Gasteiger partial charge in [0, 0.05) is 58.2 Å². The van der Waals surface area contributed by atoms with Gasteiger partial charge in [-0.2, -0.15) is 0 Å². The maximum atomic E-state index is 12.5. The molecular weight excluding hydrogens is 330 g/mol. The van der Waals surface area contributed by atoms with Crippen molar-refractivity contribution in [3.05, 3.63) is 30.1 Å². The average Bonchev–Trinajstić information content (AvgIpc) is 2.97. The van der Waals surface area contributed by atoms with Gasteiger partial charge in [-0.15, -0.1) is 0 Å². The van der Waals surface area contributed by atoms with E-state index >= 15 is 0 Å². The summed E-state index contributed by atoms with van der Waals surface area (Å²) in [4.78, 5) is 34.8. The smallest absolute Gasteiger partial charge is 0.317 e. The van der Waals surface area contributed by atoms with E-state index in [1.807, 2.05) is 21.9 Å². The van der Waals surface area contributed by atoms with Crippen LogP contribution in [0.4, 0.5) is 4.79 Å². The molecule has 142 valence electrons. The van der Waals surface area contributed by atoms with Crippen molar-refractivity contribution < 1.29 is 9.59 Å². The summed E-state index contributed by atoms with van der Waals surface area (Å²) in [5.41, 5.74) is 1.04. The second-order valence-corrected chi connectivity index (χ2v) is 7.07. The van der Waals surface area contributed by atoms with E-state index in [0.29, 0.717) is 26.2 Å². The molecule has 0 saturated carbocycles. The summed E-state index contributed by atoms with van der Waals surface area (Å²) in [6.07, 6.45) is 8.16. The Labute approximate surface area is 155 Å². The van der Waals surface area contributed by atoms with Gasteiger partial charge in [-0.3, -0.25) is 14.7 Å². The highest BCUT2D eigenvalue weighted by atomic mass is 16.2. The normalized spacial score (nSPS) is 19.1. The molecule has 0 radical (unpaired) electrons. The highest BCUT2D eigenvalue weighted by Crippen LogP contribution is 2.11. The molecule has 2 saturated heterocycles. The summed E-state index contributed by atoms with van der Waals surface area (Å²) in [6.45, 7) is 5.61. The Bertz CT molecular complexity index is 579. The van der Waals surface area contributed by atoms with Crippen LogP contribution < -0.4 is 5.32 Å². The van der Waals surface area contributed by atoms with Gasteiger partial charge in [-0.25, -0.2) is 4.79 Å². The van der Waals surface area contributed by atoms with E-state index in [9.17, 15) is 9.59 Å². The second kappa shape index (κ2) is 9.52. The summed E-state index contributed by atoms with van der Waals surface area (Å²) < 4.78 is 0. The van der Waals surface area contributed by atoms with Gasteiger partial charge in [-0.05, 0) is 30.5 Å². The third kappa shape index (κ3) is 5.42. The Morgan fingerprint density at radius 2 is 1.54 bits per heavy atom. The Hall–Kier alpha value is -2.15. The van der Waals surface area contributed by atoms with Gasteiger partial charge in [-0.1, -0.05) is 12.8 Å². The molecule has 2 aliphatic heterocycles. The number of rotatable bonds is 4. The van der Waals surface area contributed by atoms with E-state index in [4.69, 9.17) is 0 Å². The van der Waals surface area contributed by atoms with Crippen molar-refractivity contribution in [2.75, 3.05) is 45.8 Å². The second-order valence-electron chi connectivity index (χ2n) is 7.07. The van der Waals surface area contributed by atoms with Crippen LogP contribution >= 0.6 is 0 Å². The van der Waals surface area contributed by atoms with Crippen molar-refractivity contribution in [2.24, 2.45) is 0 Å². The summed E-state index contributed by atoms with van der Waals surface area (Å²) in [5.74, 6) is 0.238. The van der Waals surface area contributed by atoms with Crippen LogP contribution in [0.25, 0.3) is 0 Å². The Morgan fingerprint density at radius 3 is 2.19 bits per heavy atom. The molecule has 0 spiro atoms. The molecule has 0 unspecified atom stereocenters. The van der Waals surface area contributed by atoms with Crippen molar-refractivity contribution in [3.63, 3.8) is 0 Å². The molecule has 0 atom stereocenters. The van der Waals surface area contributed by atoms with Crippen LogP contribution in [0.1, 0.15) is 31.2 Å². The maximum absolute atomic E-state index is 12.5. The lowest BCUT2D eigenvalue weighted by molar-refractivity contribution is -0.132. The molecule has 3 heterocycles. The van der Waals surface area contributed by atoms with Crippen molar-refractivity contribution in [2.45, 2.75) is 32.2 Å². The topological polar surface area (TPSA) is 68.8 Å². The predicted octanol–water partition coefficient (Wildman–Crippen LogP) is 1.31. The van der Waals surface area contributed by atoms with E-state index in [1.54, 1.807) is 12.4 Å². The van der Waals surface area contributed by atoms with E-state index in [0.717, 1.165) is 44.6 Å². The molecule has 2 aliphatic rings. The molecule has 3 amide bonds. The fourth-order valence-electron chi connectivity index (χ4n) is 3.51. The minimum absolute atomic E-state index is 0.0414. The molecule has 26 heavy (non-hydrogen) atoms. The maximum Gasteiger partial charge on any atom is 0.317 e. The van der Waals surface area contributed by atoms with Crippen LogP contribution in [-0.2, 0) is 11.3 Å². The summed E-state index contributed by atoms with van der Waals surface area (Å²) >= 11 is 0. The number of aromatic nitrogens is 1. The Kier molecular flexibility index (Phi) is 6.82. The number of urea groups is 1. The molecule has 1 N–H and O–H groups in total. The number of likely N-dealkylation sites (tertiary alicyclic amines) is 1. The number of carbonyl (C=O) groups is 2. The zero-order valence-corrected chi connectivity index (χ0v) is 15.4. The summed E-state index contributed by atoms with van der Waals surface area (Å²) in [5, 5.41) is 2.95. The van der Waals surface area contributed by atoms with Crippen LogP contribution in [-0.4, -0.2) is 77.4 Å². The number of piperazine rings is 1. The third-order valence-corrected chi connectivity index (χ3v) is 5.17. The number of carbonyl (C=O) groups excluding carboxylic acids is 2. The number of nitrogens with zero attached hydrogens (tertiary/aromatic N) is 4. The fraction of sp³-hybridized carbons (Fsp3) is 0.632. The number of nitrogens with one attached hydrogen (secondary N) is 1. The van der Waals surface area contributed by atoms with Gasteiger partial charge in [0.15, 0.2) is 0 Å². The van der Waals surface area contributed by atoms with Gasteiger partial charge in [0.05, 0.1) is 6.54 Å². The third-order valence-electron chi connectivity index (χ3n) is 5.17. The minimum Gasteiger partial charge on any atom is -0.342 e. The van der Waals surface area contributed by atoms with Gasteiger partial charge in [0.25, 0.3) is 0 Å². The van der Waals surface area contributed by atoms with Gasteiger partial charge in [0.1, 0.15) is 0 Å². The summed E-state index contributed by atoms with van der Waals surface area (Å²) in [7, 11) is 0.